The van der Waals surface area contributed by atoms with Crippen molar-refractivity contribution in [3.05, 3.63) is 42.0 Å². The zero-order valence-electron chi connectivity index (χ0n) is 15.6. The van der Waals surface area contributed by atoms with Crippen LogP contribution in [-0.2, 0) is 9.53 Å². The number of carbonyl (C=O) groups is 1. The molecule has 0 aromatic carbocycles. The van der Waals surface area contributed by atoms with Crippen LogP contribution in [-0.4, -0.2) is 45.5 Å². The number of hydrogen-bond donors (Lipinski definition) is 1. The summed E-state index contributed by atoms with van der Waals surface area (Å²) in [6.07, 6.45) is 5.32. The Kier molecular flexibility index (Phi) is 5.29. The van der Waals surface area contributed by atoms with Crippen LogP contribution in [0, 0.1) is 12.8 Å². The Morgan fingerprint density at radius 3 is 2.81 bits per heavy atom. The third-order valence-corrected chi connectivity index (χ3v) is 5.23. The Hall–Kier alpha value is -2.54. The molecule has 142 valence electrons. The normalized spacial score (nSPS) is 20.6. The van der Waals surface area contributed by atoms with E-state index in [2.05, 4.69) is 20.3 Å². The molecule has 4 rings (SSSR count). The van der Waals surface area contributed by atoms with Gasteiger partial charge in [-0.1, -0.05) is 6.07 Å². The van der Waals surface area contributed by atoms with Gasteiger partial charge < -0.3 is 15.0 Å². The van der Waals surface area contributed by atoms with Gasteiger partial charge in [0.25, 0.3) is 0 Å². The number of hydrogen-bond acceptors (Lipinski definition) is 6. The van der Waals surface area contributed by atoms with Gasteiger partial charge in [-0.2, -0.15) is 0 Å². The molecule has 1 amide bonds. The van der Waals surface area contributed by atoms with Crippen molar-refractivity contribution in [2.45, 2.75) is 38.6 Å². The Labute approximate surface area is 159 Å². The van der Waals surface area contributed by atoms with Crippen molar-refractivity contribution in [1.29, 1.82) is 0 Å². The zero-order chi connectivity index (χ0) is 18.6. The Bertz CT molecular complexity index is 792. The van der Waals surface area contributed by atoms with Gasteiger partial charge in [0.2, 0.25) is 5.91 Å². The second-order valence-corrected chi connectivity index (χ2v) is 7.14. The molecule has 0 bridgehead atoms. The molecule has 4 heterocycles. The Balaban J connectivity index is 1.55. The van der Waals surface area contributed by atoms with Crippen molar-refractivity contribution in [2.24, 2.45) is 5.92 Å². The molecule has 1 N–H and O–H groups in total. The van der Waals surface area contributed by atoms with Crippen LogP contribution in [0.4, 0.5) is 11.6 Å². The van der Waals surface area contributed by atoms with Gasteiger partial charge >= 0.3 is 0 Å². The molecular formula is C20H25N5O2. The molecule has 2 saturated heterocycles. The number of pyridine rings is 1. The first-order chi connectivity index (χ1) is 13.2. The highest BCUT2D eigenvalue weighted by atomic mass is 16.5. The van der Waals surface area contributed by atoms with Crippen LogP contribution in [0.15, 0.2) is 30.5 Å². The summed E-state index contributed by atoms with van der Waals surface area (Å²) in [5, 5.41) is 3.23. The number of aromatic nitrogens is 3. The number of ether oxygens (including phenoxy) is 1. The van der Waals surface area contributed by atoms with Crippen LogP contribution in [0.25, 0.3) is 0 Å². The summed E-state index contributed by atoms with van der Waals surface area (Å²) in [6.45, 7) is 4.04. The summed E-state index contributed by atoms with van der Waals surface area (Å²) in [4.78, 5) is 28.5. The van der Waals surface area contributed by atoms with Crippen molar-refractivity contribution < 1.29 is 9.53 Å². The molecule has 2 fully saturated rings. The minimum Gasteiger partial charge on any atom is -0.381 e. The third kappa shape index (κ3) is 4.08. The third-order valence-electron chi connectivity index (χ3n) is 5.23. The maximum absolute atomic E-state index is 13.0. The number of nitrogens with zero attached hydrogens (tertiary/aromatic N) is 4. The van der Waals surface area contributed by atoms with Gasteiger partial charge in [-0.25, -0.2) is 15.0 Å². The second kappa shape index (κ2) is 8.00. The number of anilines is 2. The lowest BCUT2D eigenvalue weighted by Crippen LogP contribution is -2.38. The smallest absolute Gasteiger partial charge is 0.226 e. The van der Waals surface area contributed by atoms with E-state index in [-0.39, 0.29) is 17.9 Å². The number of rotatable bonds is 4. The van der Waals surface area contributed by atoms with E-state index in [1.807, 2.05) is 36.1 Å². The quantitative estimate of drug-likeness (QED) is 0.895. The lowest BCUT2D eigenvalue weighted by Gasteiger charge is -2.30. The number of likely N-dealkylation sites (tertiary alicyclic amines) is 1. The van der Waals surface area contributed by atoms with E-state index in [1.54, 1.807) is 6.20 Å². The second-order valence-electron chi connectivity index (χ2n) is 7.14. The molecule has 7 heteroatoms. The van der Waals surface area contributed by atoms with Gasteiger partial charge in [-0.05, 0) is 44.7 Å². The maximum atomic E-state index is 13.0. The van der Waals surface area contributed by atoms with E-state index in [9.17, 15) is 4.79 Å². The maximum Gasteiger partial charge on any atom is 0.226 e. The lowest BCUT2D eigenvalue weighted by atomic mass is 9.98. The van der Waals surface area contributed by atoms with Gasteiger partial charge in [-0.15, -0.1) is 0 Å². The molecule has 0 unspecified atom stereocenters. The van der Waals surface area contributed by atoms with Crippen LogP contribution in [0.3, 0.4) is 0 Å². The fourth-order valence-corrected chi connectivity index (χ4v) is 3.91. The molecule has 1 atom stereocenters. The number of nitrogens with one attached hydrogen (secondary N) is 1. The van der Waals surface area contributed by atoms with E-state index in [1.165, 1.54) is 0 Å². The molecule has 7 nitrogen and oxygen atoms in total. The van der Waals surface area contributed by atoms with Crippen LogP contribution in [0.5, 0.6) is 0 Å². The van der Waals surface area contributed by atoms with Crippen molar-refractivity contribution >= 4 is 17.5 Å². The fraction of sp³-hybridized carbons (Fsp3) is 0.500. The Morgan fingerprint density at radius 2 is 2.04 bits per heavy atom. The fourth-order valence-electron chi connectivity index (χ4n) is 3.91. The van der Waals surface area contributed by atoms with E-state index in [0.29, 0.717) is 24.9 Å². The SMILES string of the molecule is Cc1nc(Nc2ccccn2)cc([C@@H]2CCCN2C(=O)C2CCOCC2)n1. The van der Waals surface area contributed by atoms with E-state index >= 15 is 0 Å². The molecule has 0 spiro atoms. The monoisotopic (exact) mass is 367 g/mol. The molecule has 2 aromatic heterocycles. The molecule has 2 aliphatic rings. The molecule has 2 aliphatic heterocycles. The molecular weight excluding hydrogens is 342 g/mol. The number of aryl methyl sites for hydroxylation is 1. The molecule has 2 aromatic rings. The predicted molar refractivity (Wildman–Crippen MR) is 102 cm³/mol. The van der Waals surface area contributed by atoms with Crippen LogP contribution in [0.2, 0.25) is 0 Å². The molecule has 0 saturated carbocycles. The van der Waals surface area contributed by atoms with E-state index < -0.39 is 0 Å². The van der Waals surface area contributed by atoms with Gasteiger partial charge in [0, 0.05) is 37.9 Å². The summed E-state index contributed by atoms with van der Waals surface area (Å²) in [5.41, 5.74) is 0.902. The van der Waals surface area contributed by atoms with Crippen LogP contribution in [0.1, 0.15) is 43.2 Å². The van der Waals surface area contributed by atoms with Crippen molar-refractivity contribution in [3.8, 4) is 0 Å². The first-order valence-electron chi connectivity index (χ1n) is 9.62. The first kappa shape index (κ1) is 17.9. The topological polar surface area (TPSA) is 80.2 Å². The zero-order valence-corrected chi connectivity index (χ0v) is 15.6. The molecule has 0 radical (unpaired) electrons. The average Bonchev–Trinajstić information content (AvgIpc) is 3.18. The van der Waals surface area contributed by atoms with Gasteiger partial charge in [0.05, 0.1) is 11.7 Å². The summed E-state index contributed by atoms with van der Waals surface area (Å²) in [5.74, 6) is 2.46. The summed E-state index contributed by atoms with van der Waals surface area (Å²) < 4.78 is 5.41. The summed E-state index contributed by atoms with van der Waals surface area (Å²) in [6, 6.07) is 7.66. The van der Waals surface area contributed by atoms with E-state index in [0.717, 1.165) is 43.7 Å². The first-order valence-corrected chi connectivity index (χ1v) is 9.62. The number of carbonyl (C=O) groups excluding carboxylic acids is 1. The predicted octanol–water partition coefficient (Wildman–Crippen LogP) is 3.01. The van der Waals surface area contributed by atoms with Crippen LogP contribution < -0.4 is 5.32 Å². The largest absolute Gasteiger partial charge is 0.381 e. The molecule has 0 aliphatic carbocycles. The number of amides is 1. The lowest BCUT2D eigenvalue weighted by molar-refractivity contribution is -0.139. The minimum absolute atomic E-state index is 0.0197. The van der Waals surface area contributed by atoms with Gasteiger partial charge in [0.1, 0.15) is 17.5 Å². The Morgan fingerprint density at radius 1 is 1.19 bits per heavy atom. The standard InChI is InChI=1S/C20H25N5O2/c1-14-22-16(13-19(23-14)24-18-6-2-3-9-21-18)17-5-4-10-25(17)20(26)15-7-11-27-12-8-15/h2-3,6,9,13,15,17H,4-5,7-8,10-12H2,1H3,(H,21,22,23,24)/t17-/m0/s1. The van der Waals surface area contributed by atoms with Crippen molar-refractivity contribution in [3.63, 3.8) is 0 Å². The average molecular weight is 367 g/mol. The summed E-state index contributed by atoms with van der Waals surface area (Å²) in [7, 11) is 0. The van der Waals surface area contributed by atoms with Gasteiger partial charge in [0.15, 0.2) is 0 Å². The molecule has 27 heavy (non-hydrogen) atoms. The highest BCUT2D eigenvalue weighted by Crippen LogP contribution is 2.34. The highest BCUT2D eigenvalue weighted by Gasteiger charge is 2.35. The van der Waals surface area contributed by atoms with Crippen molar-refractivity contribution in [2.75, 3.05) is 25.1 Å². The summed E-state index contributed by atoms with van der Waals surface area (Å²) >= 11 is 0. The van der Waals surface area contributed by atoms with Gasteiger partial charge in [-0.3, -0.25) is 4.79 Å². The van der Waals surface area contributed by atoms with Crippen molar-refractivity contribution in [1.82, 2.24) is 19.9 Å². The van der Waals surface area contributed by atoms with E-state index in [4.69, 9.17) is 4.74 Å². The minimum atomic E-state index is 0.0197. The van der Waals surface area contributed by atoms with Crippen LogP contribution >= 0.6 is 0 Å². The highest BCUT2D eigenvalue weighted by molar-refractivity contribution is 5.79.